The zero-order chi connectivity index (χ0) is 15.1. The van der Waals surface area contributed by atoms with Gasteiger partial charge in [0.05, 0.1) is 0 Å². The summed E-state index contributed by atoms with van der Waals surface area (Å²) in [7, 11) is 0. The predicted molar refractivity (Wildman–Crippen MR) is 90.2 cm³/mol. The van der Waals surface area contributed by atoms with Gasteiger partial charge >= 0.3 is 0 Å². The summed E-state index contributed by atoms with van der Waals surface area (Å²) in [6.07, 6.45) is 1.16. The molecule has 21 heavy (non-hydrogen) atoms. The second kappa shape index (κ2) is 7.40. The molecule has 4 N–H and O–H groups in total. The van der Waals surface area contributed by atoms with E-state index in [1.807, 2.05) is 48.5 Å². The Morgan fingerprint density at radius 1 is 1.00 bits per heavy atom. The maximum atomic E-state index is 11.9. The molecule has 0 unspecified atom stereocenters. The van der Waals surface area contributed by atoms with E-state index >= 15 is 0 Å². The van der Waals surface area contributed by atoms with Crippen LogP contribution < -0.4 is 16.4 Å². The zero-order valence-electron chi connectivity index (χ0n) is 11.5. The van der Waals surface area contributed by atoms with Gasteiger partial charge < -0.3 is 16.4 Å². The molecule has 1 amide bonds. The van der Waals surface area contributed by atoms with Crippen LogP contribution in [0.2, 0.25) is 0 Å². The van der Waals surface area contributed by atoms with Crippen LogP contribution in [0.25, 0.3) is 0 Å². The van der Waals surface area contributed by atoms with E-state index in [1.165, 1.54) is 0 Å². The van der Waals surface area contributed by atoms with Crippen LogP contribution in [0.4, 0.5) is 11.4 Å². The first-order valence-electron chi connectivity index (χ1n) is 6.64. The highest BCUT2D eigenvalue weighted by Gasteiger charge is 2.04. The molecule has 0 heterocycles. The van der Waals surface area contributed by atoms with Crippen LogP contribution in [0.5, 0.6) is 0 Å². The Kier molecular flexibility index (Phi) is 5.29. The molecule has 0 radical (unpaired) electrons. The molecule has 0 aromatic heterocycles. The lowest BCUT2D eigenvalue weighted by Crippen LogP contribution is -2.19. The highest BCUT2D eigenvalue weighted by atomic mass is 32.1. The number of thiocarbonyl (C=S) groups is 1. The molecule has 0 bridgehead atoms. The van der Waals surface area contributed by atoms with E-state index in [0.717, 1.165) is 17.7 Å². The average molecular weight is 299 g/mol. The third-order valence-electron chi connectivity index (χ3n) is 2.90. The molecule has 2 rings (SSSR count). The second-order valence-electron chi connectivity index (χ2n) is 4.60. The van der Waals surface area contributed by atoms with Crippen molar-refractivity contribution in [2.24, 2.45) is 5.73 Å². The molecule has 0 fully saturated rings. The first-order chi connectivity index (χ1) is 10.1. The van der Waals surface area contributed by atoms with Crippen LogP contribution >= 0.6 is 12.2 Å². The van der Waals surface area contributed by atoms with Crippen molar-refractivity contribution >= 4 is 34.6 Å². The Morgan fingerprint density at radius 2 is 1.67 bits per heavy atom. The van der Waals surface area contributed by atoms with E-state index in [1.54, 1.807) is 6.07 Å². The monoisotopic (exact) mass is 299 g/mol. The molecule has 2 aromatic rings. The molecule has 0 atom stereocenters. The summed E-state index contributed by atoms with van der Waals surface area (Å²) in [5.41, 5.74) is 8.04. The molecular formula is C16H17N3OS. The normalized spacial score (nSPS) is 9.90. The number of nitrogens with two attached hydrogens (primary N) is 1. The molecule has 0 saturated heterocycles. The third-order valence-corrected chi connectivity index (χ3v) is 3.00. The van der Waals surface area contributed by atoms with Crippen molar-refractivity contribution in [3.63, 3.8) is 0 Å². The van der Waals surface area contributed by atoms with Crippen molar-refractivity contribution in [3.8, 4) is 0 Å². The topological polar surface area (TPSA) is 67.2 Å². The number of carbonyl (C=O) groups is 1. The molecule has 5 heteroatoms. The Bertz CT molecular complexity index is 628. The van der Waals surface area contributed by atoms with Crippen molar-refractivity contribution in [2.75, 3.05) is 10.6 Å². The first-order valence-corrected chi connectivity index (χ1v) is 7.04. The molecule has 0 aliphatic heterocycles. The van der Waals surface area contributed by atoms with Crippen LogP contribution in [0.1, 0.15) is 12.0 Å². The minimum absolute atomic E-state index is 0.0219. The zero-order valence-corrected chi connectivity index (χ0v) is 12.3. The summed E-state index contributed by atoms with van der Waals surface area (Å²) in [6, 6.07) is 17.2. The van der Waals surface area contributed by atoms with E-state index < -0.39 is 0 Å². The standard InChI is InChI=1S/C16H17N3OS/c17-16(21)19-14-8-4-7-13(11-14)18-15(20)10-9-12-5-2-1-3-6-12/h1-8,11H,9-10H2,(H,18,20)(H3,17,19,21). The van der Waals surface area contributed by atoms with Gasteiger partial charge in [0, 0.05) is 17.8 Å². The summed E-state index contributed by atoms with van der Waals surface area (Å²) < 4.78 is 0. The fourth-order valence-corrected chi connectivity index (χ4v) is 2.06. The molecule has 0 saturated carbocycles. The van der Waals surface area contributed by atoms with Crippen LogP contribution in [0.15, 0.2) is 54.6 Å². The van der Waals surface area contributed by atoms with Crippen molar-refractivity contribution in [1.82, 2.24) is 0 Å². The lowest BCUT2D eigenvalue weighted by atomic mass is 10.1. The van der Waals surface area contributed by atoms with Gasteiger partial charge in [0.25, 0.3) is 0 Å². The lowest BCUT2D eigenvalue weighted by molar-refractivity contribution is -0.116. The predicted octanol–water partition coefficient (Wildman–Crippen LogP) is 2.91. The SMILES string of the molecule is NC(=S)Nc1cccc(NC(=O)CCc2ccccc2)c1. The van der Waals surface area contributed by atoms with E-state index in [-0.39, 0.29) is 11.0 Å². The highest BCUT2D eigenvalue weighted by Crippen LogP contribution is 2.15. The quantitative estimate of drug-likeness (QED) is 0.743. The highest BCUT2D eigenvalue weighted by molar-refractivity contribution is 7.80. The van der Waals surface area contributed by atoms with E-state index in [0.29, 0.717) is 12.1 Å². The minimum atomic E-state index is -0.0219. The molecule has 0 aliphatic carbocycles. The number of hydrogen-bond acceptors (Lipinski definition) is 2. The Morgan fingerprint density at radius 3 is 2.33 bits per heavy atom. The van der Waals surface area contributed by atoms with Gasteiger partial charge in [-0.1, -0.05) is 36.4 Å². The molecule has 0 spiro atoms. The smallest absolute Gasteiger partial charge is 0.224 e. The molecule has 2 aromatic carbocycles. The van der Waals surface area contributed by atoms with Crippen molar-refractivity contribution in [3.05, 3.63) is 60.2 Å². The average Bonchev–Trinajstić information content (AvgIpc) is 2.46. The maximum Gasteiger partial charge on any atom is 0.224 e. The number of anilines is 2. The van der Waals surface area contributed by atoms with Gasteiger partial charge in [-0.3, -0.25) is 4.79 Å². The van der Waals surface area contributed by atoms with Crippen LogP contribution in [0, 0.1) is 0 Å². The van der Waals surface area contributed by atoms with Gasteiger partial charge in [-0.15, -0.1) is 0 Å². The summed E-state index contributed by atoms with van der Waals surface area (Å²) >= 11 is 4.78. The largest absolute Gasteiger partial charge is 0.376 e. The van der Waals surface area contributed by atoms with E-state index in [2.05, 4.69) is 10.6 Å². The van der Waals surface area contributed by atoms with Crippen LogP contribution in [0.3, 0.4) is 0 Å². The van der Waals surface area contributed by atoms with Gasteiger partial charge in [-0.05, 0) is 42.4 Å². The number of benzene rings is 2. The fraction of sp³-hybridized carbons (Fsp3) is 0.125. The summed E-state index contributed by atoms with van der Waals surface area (Å²) in [5, 5.41) is 5.89. The minimum Gasteiger partial charge on any atom is -0.376 e. The second-order valence-corrected chi connectivity index (χ2v) is 5.04. The summed E-state index contributed by atoms with van der Waals surface area (Å²) in [6.45, 7) is 0. The molecule has 4 nitrogen and oxygen atoms in total. The van der Waals surface area contributed by atoms with Crippen LogP contribution in [-0.4, -0.2) is 11.0 Å². The van der Waals surface area contributed by atoms with Crippen molar-refractivity contribution in [2.45, 2.75) is 12.8 Å². The molecule has 0 aliphatic rings. The van der Waals surface area contributed by atoms with E-state index in [9.17, 15) is 4.79 Å². The van der Waals surface area contributed by atoms with E-state index in [4.69, 9.17) is 18.0 Å². The number of rotatable bonds is 5. The van der Waals surface area contributed by atoms with Crippen molar-refractivity contribution < 1.29 is 4.79 Å². The number of hydrogen-bond donors (Lipinski definition) is 3. The summed E-state index contributed by atoms with van der Waals surface area (Å²) in [5.74, 6) is -0.0219. The number of amides is 1. The number of carbonyl (C=O) groups excluding carboxylic acids is 1. The van der Waals surface area contributed by atoms with Crippen LogP contribution in [-0.2, 0) is 11.2 Å². The Labute approximate surface area is 129 Å². The number of nitrogens with one attached hydrogen (secondary N) is 2. The van der Waals surface area contributed by atoms with Gasteiger partial charge in [0.1, 0.15) is 0 Å². The molecular weight excluding hydrogens is 282 g/mol. The summed E-state index contributed by atoms with van der Waals surface area (Å²) in [4.78, 5) is 11.9. The van der Waals surface area contributed by atoms with Crippen molar-refractivity contribution in [1.29, 1.82) is 0 Å². The lowest BCUT2D eigenvalue weighted by Gasteiger charge is -2.08. The maximum absolute atomic E-state index is 11.9. The third kappa shape index (κ3) is 5.24. The number of aryl methyl sites for hydroxylation is 1. The Hall–Kier alpha value is -2.40. The van der Waals surface area contributed by atoms with Gasteiger partial charge in [0.2, 0.25) is 5.91 Å². The van der Waals surface area contributed by atoms with Gasteiger partial charge in [-0.25, -0.2) is 0 Å². The van der Waals surface area contributed by atoms with Gasteiger partial charge in [-0.2, -0.15) is 0 Å². The van der Waals surface area contributed by atoms with Gasteiger partial charge in [0.15, 0.2) is 5.11 Å². The Balaban J connectivity index is 1.89. The first kappa shape index (κ1) is 15.0. The molecule has 108 valence electrons. The fourth-order valence-electron chi connectivity index (χ4n) is 1.94.